The van der Waals surface area contributed by atoms with E-state index >= 15 is 0 Å². The van der Waals surface area contributed by atoms with E-state index in [2.05, 4.69) is 4.98 Å². The molecular weight excluding hydrogens is 277 g/mol. The van der Waals surface area contributed by atoms with Crippen molar-refractivity contribution < 1.29 is 13.2 Å². The molecule has 0 bridgehead atoms. The molecule has 0 aliphatic carbocycles. The van der Waals surface area contributed by atoms with Crippen LogP contribution in [-0.2, 0) is 6.18 Å². The number of benzene rings is 1. The van der Waals surface area contributed by atoms with E-state index in [0.717, 1.165) is 6.07 Å². The maximum Gasteiger partial charge on any atom is 0.416 e. The predicted octanol–water partition coefficient (Wildman–Crippen LogP) is 3.80. The highest BCUT2D eigenvalue weighted by Crippen LogP contribution is 2.36. The van der Waals surface area contributed by atoms with Crippen molar-refractivity contribution in [3.63, 3.8) is 0 Å². The Balaban J connectivity index is 2.51. The molecule has 0 fully saturated rings. The van der Waals surface area contributed by atoms with Gasteiger partial charge < -0.3 is 5.73 Å². The summed E-state index contributed by atoms with van der Waals surface area (Å²) in [6, 6.07) is 5.76. The lowest BCUT2D eigenvalue weighted by Crippen LogP contribution is -2.18. The van der Waals surface area contributed by atoms with Gasteiger partial charge >= 0.3 is 6.18 Å². The van der Waals surface area contributed by atoms with Gasteiger partial charge in [-0.2, -0.15) is 13.2 Å². The van der Waals surface area contributed by atoms with Crippen molar-refractivity contribution in [2.75, 3.05) is 0 Å². The number of aromatic nitrogens is 1. The molecular formula is C13H10ClF3N2. The fourth-order valence-corrected chi connectivity index (χ4v) is 2.07. The molecule has 0 amide bonds. The van der Waals surface area contributed by atoms with Gasteiger partial charge in [-0.25, -0.2) is 0 Å². The molecule has 2 rings (SSSR count). The Labute approximate surface area is 113 Å². The Morgan fingerprint density at radius 2 is 1.79 bits per heavy atom. The van der Waals surface area contributed by atoms with Crippen LogP contribution in [0.15, 0.2) is 42.7 Å². The standard InChI is InChI=1S/C13H10ClF3N2/c14-11-7-19-6-5-9(11)12(18)8-3-1-2-4-10(8)13(15,16)17/h1-7,12H,18H2. The Bertz CT molecular complexity index is 584. The van der Waals surface area contributed by atoms with Gasteiger partial charge in [0.2, 0.25) is 0 Å². The minimum absolute atomic E-state index is 0.0110. The van der Waals surface area contributed by atoms with Gasteiger partial charge in [0.25, 0.3) is 0 Å². The van der Waals surface area contributed by atoms with Gasteiger partial charge in [0.05, 0.1) is 16.6 Å². The van der Waals surface area contributed by atoms with Crippen LogP contribution in [0.2, 0.25) is 5.02 Å². The summed E-state index contributed by atoms with van der Waals surface area (Å²) in [6.07, 6.45) is -1.65. The Morgan fingerprint density at radius 1 is 1.11 bits per heavy atom. The molecule has 0 radical (unpaired) electrons. The summed E-state index contributed by atoms with van der Waals surface area (Å²) in [7, 11) is 0. The van der Waals surface area contributed by atoms with Crippen LogP contribution in [0.3, 0.4) is 0 Å². The van der Waals surface area contributed by atoms with Crippen molar-refractivity contribution >= 4 is 11.6 Å². The molecule has 2 nitrogen and oxygen atoms in total. The number of nitrogens with zero attached hydrogens (tertiary/aromatic N) is 1. The van der Waals surface area contributed by atoms with Crippen LogP contribution in [0.4, 0.5) is 13.2 Å². The van der Waals surface area contributed by atoms with E-state index < -0.39 is 17.8 Å². The fourth-order valence-electron chi connectivity index (χ4n) is 1.83. The van der Waals surface area contributed by atoms with Crippen molar-refractivity contribution in [3.05, 3.63) is 64.4 Å². The minimum atomic E-state index is -4.45. The van der Waals surface area contributed by atoms with Crippen LogP contribution in [0.25, 0.3) is 0 Å². The number of alkyl halides is 3. The normalized spacial score (nSPS) is 13.3. The van der Waals surface area contributed by atoms with Crippen LogP contribution in [0, 0.1) is 0 Å². The molecule has 1 aromatic carbocycles. The summed E-state index contributed by atoms with van der Waals surface area (Å²) in [5.41, 5.74) is 5.55. The fraction of sp³-hybridized carbons (Fsp3) is 0.154. The topological polar surface area (TPSA) is 38.9 Å². The average Bonchev–Trinajstić information content (AvgIpc) is 2.37. The average molecular weight is 287 g/mol. The first-order valence-electron chi connectivity index (χ1n) is 5.42. The maximum atomic E-state index is 12.9. The number of hydrogen-bond donors (Lipinski definition) is 1. The summed E-state index contributed by atoms with van der Waals surface area (Å²) >= 11 is 5.91. The molecule has 0 saturated heterocycles. The van der Waals surface area contributed by atoms with Crippen LogP contribution in [0.1, 0.15) is 22.7 Å². The molecule has 0 aliphatic heterocycles. The number of rotatable bonds is 2. The molecule has 100 valence electrons. The van der Waals surface area contributed by atoms with E-state index in [-0.39, 0.29) is 10.6 Å². The van der Waals surface area contributed by atoms with E-state index in [4.69, 9.17) is 17.3 Å². The van der Waals surface area contributed by atoms with E-state index in [1.807, 2.05) is 0 Å². The number of halogens is 4. The van der Waals surface area contributed by atoms with Gasteiger partial charge in [-0.05, 0) is 23.3 Å². The van der Waals surface area contributed by atoms with Gasteiger partial charge in [-0.15, -0.1) is 0 Å². The quantitative estimate of drug-likeness (QED) is 0.912. The molecule has 1 aromatic heterocycles. The third-order valence-electron chi connectivity index (χ3n) is 2.74. The van der Waals surface area contributed by atoms with Crippen molar-refractivity contribution in [2.45, 2.75) is 12.2 Å². The Morgan fingerprint density at radius 3 is 2.42 bits per heavy atom. The van der Waals surface area contributed by atoms with E-state index in [1.165, 1.54) is 36.7 Å². The molecule has 2 N–H and O–H groups in total. The molecule has 0 spiro atoms. The van der Waals surface area contributed by atoms with Gasteiger partial charge in [0, 0.05) is 12.4 Å². The zero-order valence-corrected chi connectivity index (χ0v) is 10.4. The highest BCUT2D eigenvalue weighted by molar-refractivity contribution is 6.31. The molecule has 1 unspecified atom stereocenters. The zero-order valence-electron chi connectivity index (χ0n) is 9.66. The summed E-state index contributed by atoms with van der Waals surface area (Å²) in [6.45, 7) is 0. The second-order valence-electron chi connectivity index (χ2n) is 3.96. The smallest absolute Gasteiger partial charge is 0.320 e. The van der Waals surface area contributed by atoms with Crippen molar-refractivity contribution in [1.29, 1.82) is 0 Å². The second-order valence-corrected chi connectivity index (χ2v) is 4.37. The third-order valence-corrected chi connectivity index (χ3v) is 3.06. The molecule has 1 heterocycles. The van der Waals surface area contributed by atoms with Gasteiger partial charge in [-0.1, -0.05) is 29.8 Å². The summed E-state index contributed by atoms with van der Waals surface area (Å²) in [4.78, 5) is 3.78. The highest BCUT2D eigenvalue weighted by atomic mass is 35.5. The van der Waals surface area contributed by atoms with Crippen LogP contribution >= 0.6 is 11.6 Å². The molecule has 0 aliphatic rings. The largest absolute Gasteiger partial charge is 0.416 e. The SMILES string of the molecule is NC(c1ccncc1Cl)c1ccccc1C(F)(F)F. The van der Waals surface area contributed by atoms with Gasteiger partial charge in [0.1, 0.15) is 0 Å². The molecule has 0 saturated carbocycles. The summed E-state index contributed by atoms with van der Waals surface area (Å²) in [5.74, 6) is 0. The molecule has 2 aromatic rings. The number of hydrogen-bond acceptors (Lipinski definition) is 2. The number of nitrogens with two attached hydrogens (primary N) is 1. The summed E-state index contributed by atoms with van der Waals surface area (Å²) < 4.78 is 38.8. The highest BCUT2D eigenvalue weighted by Gasteiger charge is 2.34. The van der Waals surface area contributed by atoms with E-state index in [0.29, 0.717) is 5.56 Å². The predicted molar refractivity (Wildman–Crippen MR) is 66.7 cm³/mol. The van der Waals surface area contributed by atoms with Crippen molar-refractivity contribution in [3.8, 4) is 0 Å². The van der Waals surface area contributed by atoms with Gasteiger partial charge in [-0.3, -0.25) is 4.98 Å². The first kappa shape index (κ1) is 13.8. The lowest BCUT2D eigenvalue weighted by Gasteiger charge is -2.19. The second kappa shape index (κ2) is 5.19. The number of pyridine rings is 1. The van der Waals surface area contributed by atoms with Crippen LogP contribution in [-0.4, -0.2) is 4.98 Å². The lowest BCUT2D eigenvalue weighted by molar-refractivity contribution is -0.138. The first-order valence-corrected chi connectivity index (χ1v) is 5.80. The third kappa shape index (κ3) is 2.88. The lowest BCUT2D eigenvalue weighted by atomic mass is 9.95. The van der Waals surface area contributed by atoms with Crippen molar-refractivity contribution in [1.82, 2.24) is 4.98 Å². The van der Waals surface area contributed by atoms with Crippen LogP contribution in [0.5, 0.6) is 0 Å². The van der Waals surface area contributed by atoms with Gasteiger partial charge in [0.15, 0.2) is 0 Å². The molecule has 6 heteroatoms. The van der Waals surface area contributed by atoms with Crippen molar-refractivity contribution in [2.24, 2.45) is 5.73 Å². The van der Waals surface area contributed by atoms with E-state index in [9.17, 15) is 13.2 Å². The Kier molecular flexibility index (Phi) is 3.78. The molecule has 19 heavy (non-hydrogen) atoms. The Hall–Kier alpha value is -1.59. The zero-order chi connectivity index (χ0) is 14.0. The van der Waals surface area contributed by atoms with E-state index in [1.54, 1.807) is 0 Å². The molecule has 1 atom stereocenters. The van der Waals surface area contributed by atoms with Crippen LogP contribution < -0.4 is 5.73 Å². The monoisotopic (exact) mass is 286 g/mol. The minimum Gasteiger partial charge on any atom is -0.320 e. The maximum absolute atomic E-state index is 12.9. The first-order chi connectivity index (χ1) is 8.91. The summed E-state index contributed by atoms with van der Waals surface area (Å²) in [5, 5.41) is 0.243.